The summed E-state index contributed by atoms with van der Waals surface area (Å²) in [5.41, 5.74) is 2.34. The SMILES string of the molecule is Fc1ccc([C@@H](CCNCc2ccccc2)c2ccco2)cc1. The Bertz CT molecular complexity index is 692. The molecule has 2 nitrogen and oxygen atoms in total. The van der Waals surface area contributed by atoms with E-state index in [4.69, 9.17) is 4.42 Å². The van der Waals surface area contributed by atoms with Crippen molar-refractivity contribution in [3.05, 3.63) is 95.7 Å². The van der Waals surface area contributed by atoms with Crippen LogP contribution in [0.5, 0.6) is 0 Å². The van der Waals surface area contributed by atoms with E-state index >= 15 is 0 Å². The average Bonchev–Trinajstić information content (AvgIpc) is 3.11. The van der Waals surface area contributed by atoms with Gasteiger partial charge in [-0.25, -0.2) is 4.39 Å². The number of rotatable bonds is 7. The molecular weight excluding hydrogens is 289 g/mol. The molecule has 0 aliphatic carbocycles. The van der Waals surface area contributed by atoms with Gasteiger partial charge in [0.25, 0.3) is 0 Å². The van der Waals surface area contributed by atoms with Gasteiger partial charge in [0.15, 0.2) is 0 Å². The van der Waals surface area contributed by atoms with E-state index in [1.54, 1.807) is 6.26 Å². The van der Waals surface area contributed by atoms with Crippen molar-refractivity contribution in [2.24, 2.45) is 0 Å². The molecule has 0 amide bonds. The number of benzene rings is 2. The highest BCUT2D eigenvalue weighted by molar-refractivity contribution is 5.27. The Morgan fingerprint density at radius 1 is 0.913 bits per heavy atom. The third-order valence-corrected chi connectivity index (χ3v) is 3.94. The van der Waals surface area contributed by atoms with Crippen LogP contribution in [0, 0.1) is 5.82 Å². The lowest BCUT2D eigenvalue weighted by atomic mass is 9.93. The predicted molar refractivity (Wildman–Crippen MR) is 89.7 cm³/mol. The first-order chi connectivity index (χ1) is 11.3. The van der Waals surface area contributed by atoms with Crippen LogP contribution in [0.3, 0.4) is 0 Å². The second kappa shape index (κ2) is 7.75. The van der Waals surface area contributed by atoms with Crippen molar-refractivity contribution in [2.45, 2.75) is 18.9 Å². The summed E-state index contributed by atoms with van der Waals surface area (Å²) in [5.74, 6) is 0.834. The zero-order chi connectivity index (χ0) is 15.9. The number of hydrogen-bond acceptors (Lipinski definition) is 2. The lowest BCUT2D eigenvalue weighted by molar-refractivity contribution is 0.466. The van der Waals surface area contributed by atoms with Crippen LogP contribution in [-0.4, -0.2) is 6.54 Å². The lowest BCUT2D eigenvalue weighted by Crippen LogP contribution is -2.17. The summed E-state index contributed by atoms with van der Waals surface area (Å²) in [4.78, 5) is 0. The van der Waals surface area contributed by atoms with Crippen molar-refractivity contribution >= 4 is 0 Å². The molecule has 0 fully saturated rings. The van der Waals surface area contributed by atoms with Gasteiger partial charge in [0.05, 0.1) is 6.26 Å². The van der Waals surface area contributed by atoms with Gasteiger partial charge in [0, 0.05) is 12.5 Å². The van der Waals surface area contributed by atoms with Gasteiger partial charge in [-0.1, -0.05) is 42.5 Å². The minimum Gasteiger partial charge on any atom is -0.469 e. The number of nitrogens with one attached hydrogen (secondary N) is 1. The molecule has 1 heterocycles. The van der Waals surface area contributed by atoms with Crippen LogP contribution >= 0.6 is 0 Å². The van der Waals surface area contributed by atoms with Crippen LogP contribution in [0.4, 0.5) is 4.39 Å². The highest BCUT2D eigenvalue weighted by Gasteiger charge is 2.16. The summed E-state index contributed by atoms with van der Waals surface area (Å²) in [6, 6.07) is 20.9. The van der Waals surface area contributed by atoms with Crippen LogP contribution in [0.25, 0.3) is 0 Å². The molecule has 118 valence electrons. The van der Waals surface area contributed by atoms with E-state index in [1.807, 2.05) is 42.5 Å². The van der Waals surface area contributed by atoms with E-state index in [9.17, 15) is 4.39 Å². The third-order valence-electron chi connectivity index (χ3n) is 3.94. The monoisotopic (exact) mass is 309 g/mol. The van der Waals surface area contributed by atoms with Gasteiger partial charge >= 0.3 is 0 Å². The van der Waals surface area contributed by atoms with Gasteiger partial charge in [-0.05, 0) is 48.4 Å². The molecule has 0 saturated carbocycles. The lowest BCUT2D eigenvalue weighted by Gasteiger charge is -2.16. The first kappa shape index (κ1) is 15.5. The molecular formula is C20H20FNO. The van der Waals surface area contributed by atoms with Crippen LogP contribution in [0.2, 0.25) is 0 Å². The second-order valence-corrected chi connectivity index (χ2v) is 5.57. The van der Waals surface area contributed by atoms with Crippen molar-refractivity contribution < 1.29 is 8.81 Å². The first-order valence-electron chi connectivity index (χ1n) is 7.86. The minimum absolute atomic E-state index is 0.133. The van der Waals surface area contributed by atoms with Crippen molar-refractivity contribution in [1.29, 1.82) is 0 Å². The average molecular weight is 309 g/mol. The smallest absolute Gasteiger partial charge is 0.123 e. The van der Waals surface area contributed by atoms with Gasteiger partial charge in [0.2, 0.25) is 0 Å². The van der Waals surface area contributed by atoms with E-state index < -0.39 is 0 Å². The van der Waals surface area contributed by atoms with E-state index in [0.29, 0.717) is 0 Å². The summed E-state index contributed by atoms with van der Waals surface area (Å²) in [5, 5.41) is 3.46. The summed E-state index contributed by atoms with van der Waals surface area (Å²) in [6.45, 7) is 1.70. The summed E-state index contributed by atoms with van der Waals surface area (Å²) < 4.78 is 18.7. The number of halogens is 1. The highest BCUT2D eigenvalue weighted by Crippen LogP contribution is 2.28. The molecule has 3 aromatic rings. The number of hydrogen-bond donors (Lipinski definition) is 1. The first-order valence-corrected chi connectivity index (χ1v) is 7.86. The Morgan fingerprint density at radius 2 is 1.70 bits per heavy atom. The molecule has 0 aliphatic heterocycles. The maximum atomic E-state index is 13.2. The molecule has 0 spiro atoms. The summed E-state index contributed by atoms with van der Waals surface area (Å²) in [7, 11) is 0. The predicted octanol–water partition coefficient (Wildman–Crippen LogP) is 4.73. The Labute approximate surface area is 136 Å². The third kappa shape index (κ3) is 4.30. The van der Waals surface area contributed by atoms with E-state index in [-0.39, 0.29) is 11.7 Å². The molecule has 1 aromatic heterocycles. The van der Waals surface area contributed by atoms with Crippen LogP contribution < -0.4 is 5.32 Å². The zero-order valence-electron chi connectivity index (χ0n) is 12.9. The minimum atomic E-state index is -0.214. The van der Waals surface area contributed by atoms with Crippen LogP contribution in [0.1, 0.15) is 29.2 Å². The fourth-order valence-corrected chi connectivity index (χ4v) is 2.73. The van der Waals surface area contributed by atoms with E-state index in [2.05, 4.69) is 17.4 Å². The largest absolute Gasteiger partial charge is 0.469 e. The molecule has 1 N–H and O–H groups in total. The molecule has 23 heavy (non-hydrogen) atoms. The van der Waals surface area contributed by atoms with Gasteiger partial charge in [0.1, 0.15) is 11.6 Å². The fraction of sp³-hybridized carbons (Fsp3) is 0.200. The summed E-state index contributed by atoms with van der Waals surface area (Å²) in [6.07, 6.45) is 2.58. The second-order valence-electron chi connectivity index (χ2n) is 5.57. The van der Waals surface area contributed by atoms with Gasteiger partial charge < -0.3 is 9.73 Å². The molecule has 0 unspecified atom stereocenters. The Kier molecular flexibility index (Phi) is 5.22. The molecule has 0 bridgehead atoms. The number of furan rings is 1. The molecule has 3 heteroatoms. The summed E-state index contributed by atoms with van der Waals surface area (Å²) >= 11 is 0. The molecule has 0 saturated heterocycles. The van der Waals surface area contributed by atoms with Gasteiger partial charge in [-0.3, -0.25) is 0 Å². The normalized spacial score (nSPS) is 12.2. The quantitative estimate of drug-likeness (QED) is 0.638. The van der Waals surface area contributed by atoms with E-state index in [0.717, 1.165) is 30.8 Å². The van der Waals surface area contributed by atoms with Crippen molar-refractivity contribution in [3.8, 4) is 0 Å². The molecule has 0 aliphatic rings. The highest BCUT2D eigenvalue weighted by atomic mass is 19.1. The Morgan fingerprint density at radius 3 is 2.39 bits per heavy atom. The molecule has 2 aromatic carbocycles. The van der Waals surface area contributed by atoms with Crippen molar-refractivity contribution in [2.75, 3.05) is 6.54 Å². The molecule has 3 rings (SSSR count). The standard InChI is InChI=1S/C20H20FNO/c21-18-10-8-17(9-11-18)19(20-7-4-14-23-20)12-13-22-15-16-5-2-1-3-6-16/h1-11,14,19,22H,12-13,15H2/t19-/m1/s1. The fourth-order valence-electron chi connectivity index (χ4n) is 2.73. The van der Waals surface area contributed by atoms with Crippen LogP contribution in [-0.2, 0) is 6.54 Å². The molecule has 1 atom stereocenters. The Hall–Kier alpha value is -2.39. The van der Waals surface area contributed by atoms with Crippen molar-refractivity contribution in [1.82, 2.24) is 5.32 Å². The zero-order valence-corrected chi connectivity index (χ0v) is 12.9. The van der Waals surface area contributed by atoms with Crippen molar-refractivity contribution in [3.63, 3.8) is 0 Å². The van der Waals surface area contributed by atoms with Gasteiger partial charge in [-0.2, -0.15) is 0 Å². The maximum absolute atomic E-state index is 13.2. The van der Waals surface area contributed by atoms with E-state index in [1.165, 1.54) is 17.7 Å². The maximum Gasteiger partial charge on any atom is 0.123 e. The van der Waals surface area contributed by atoms with Gasteiger partial charge in [-0.15, -0.1) is 0 Å². The Balaban J connectivity index is 1.62. The molecule has 0 radical (unpaired) electrons. The topological polar surface area (TPSA) is 25.2 Å². The van der Waals surface area contributed by atoms with Crippen LogP contribution in [0.15, 0.2) is 77.4 Å².